The minimum atomic E-state index is -0.223. The summed E-state index contributed by atoms with van der Waals surface area (Å²) in [5.41, 5.74) is 1.74. The van der Waals surface area contributed by atoms with E-state index >= 15 is 0 Å². The van der Waals surface area contributed by atoms with Crippen molar-refractivity contribution in [3.63, 3.8) is 0 Å². The zero-order chi connectivity index (χ0) is 20.5. The highest BCUT2D eigenvalue weighted by molar-refractivity contribution is 5.96. The molecule has 1 atom stereocenters. The van der Waals surface area contributed by atoms with Gasteiger partial charge in [-0.2, -0.15) is 0 Å². The monoisotopic (exact) mass is 385 g/mol. The Labute approximate surface area is 163 Å². The molecule has 4 N–H and O–H groups in total. The van der Waals surface area contributed by atoms with E-state index in [1.54, 1.807) is 69.7 Å². The van der Waals surface area contributed by atoms with E-state index in [1.165, 1.54) is 0 Å². The zero-order valence-electron chi connectivity index (χ0n) is 16.2. The number of benzene rings is 2. The molecule has 28 heavy (non-hydrogen) atoms. The fourth-order valence-corrected chi connectivity index (χ4v) is 2.57. The normalized spacial score (nSPS) is 11.2. The van der Waals surface area contributed by atoms with Crippen molar-refractivity contribution in [3.8, 4) is 5.75 Å². The largest absolute Gasteiger partial charge is 0.497 e. The number of quaternary nitrogens is 1. The zero-order valence-corrected chi connectivity index (χ0v) is 16.2. The molecule has 148 valence electrons. The number of nitrogens with one attached hydrogen (secondary N) is 4. The Kier molecular flexibility index (Phi) is 7.53. The highest BCUT2D eigenvalue weighted by Gasteiger charge is 2.15. The van der Waals surface area contributed by atoms with Crippen LogP contribution in [0.3, 0.4) is 0 Å². The van der Waals surface area contributed by atoms with Crippen molar-refractivity contribution in [3.05, 3.63) is 54.1 Å². The summed E-state index contributed by atoms with van der Waals surface area (Å²) in [6, 6.07) is 13.7. The lowest BCUT2D eigenvalue weighted by Gasteiger charge is -2.14. The quantitative estimate of drug-likeness (QED) is 0.520. The molecule has 3 amide bonds. The molecular formula is C20H25N4O4+. The van der Waals surface area contributed by atoms with Gasteiger partial charge in [0, 0.05) is 30.1 Å². The van der Waals surface area contributed by atoms with Crippen molar-refractivity contribution < 1.29 is 24.0 Å². The van der Waals surface area contributed by atoms with E-state index in [0.29, 0.717) is 22.7 Å². The molecule has 8 nitrogen and oxygen atoms in total. The SMILES string of the molecule is CNC(=O)c1ccc(NC(=O)C[NH+](C)CC(=O)Nc2cccc(OC)c2)cc1. The van der Waals surface area contributed by atoms with Gasteiger partial charge in [-0.25, -0.2) is 0 Å². The van der Waals surface area contributed by atoms with Crippen molar-refractivity contribution in [2.45, 2.75) is 0 Å². The summed E-state index contributed by atoms with van der Waals surface area (Å²) in [6.45, 7) is 0.267. The highest BCUT2D eigenvalue weighted by Crippen LogP contribution is 2.16. The molecule has 8 heteroatoms. The van der Waals surface area contributed by atoms with Crippen LogP contribution in [0.25, 0.3) is 0 Å². The summed E-state index contributed by atoms with van der Waals surface area (Å²) in [5, 5.41) is 8.07. The fourth-order valence-electron chi connectivity index (χ4n) is 2.57. The Morgan fingerprint density at radius 2 is 1.54 bits per heavy atom. The molecule has 0 aliphatic carbocycles. The predicted octanol–water partition coefficient (Wildman–Crippen LogP) is 0.147. The van der Waals surface area contributed by atoms with Crippen LogP contribution in [0.15, 0.2) is 48.5 Å². The van der Waals surface area contributed by atoms with Crippen molar-refractivity contribution >= 4 is 29.1 Å². The minimum Gasteiger partial charge on any atom is -0.497 e. The van der Waals surface area contributed by atoms with Gasteiger partial charge in [0.05, 0.1) is 14.2 Å². The third-order valence-corrected chi connectivity index (χ3v) is 3.94. The van der Waals surface area contributed by atoms with Gasteiger partial charge in [0.25, 0.3) is 17.7 Å². The second-order valence-electron chi connectivity index (χ2n) is 6.30. The van der Waals surface area contributed by atoms with Crippen LogP contribution in [0.4, 0.5) is 11.4 Å². The molecule has 0 spiro atoms. The van der Waals surface area contributed by atoms with Crippen LogP contribution in [0, 0.1) is 0 Å². The van der Waals surface area contributed by atoms with Crippen molar-refractivity contribution in [2.75, 3.05) is 44.9 Å². The summed E-state index contributed by atoms with van der Waals surface area (Å²) in [5.74, 6) is 0.0391. The Morgan fingerprint density at radius 1 is 0.929 bits per heavy atom. The number of rotatable bonds is 8. The van der Waals surface area contributed by atoms with Crippen molar-refractivity contribution in [1.82, 2.24) is 5.32 Å². The van der Waals surface area contributed by atoms with Crippen LogP contribution in [-0.4, -0.2) is 52.0 Å². The van der Waals surface area contributed by atoms with Crippen LogP contribution in [-0.2, 0) is 9.59 Å². The topological polar surface area (TPSA) is 101 Å². The molecule has 1 unspecified atom stereocenters. The van der Waals surface area contributed by atoms with Crippen molar-refractivity contribution in [2.24, 2.45) is 0 Å². The molecule has 0 bridgehead atoms. The van der Waals surface area contributed by atoms with Gasteiger partial charge in [-0.1, -0.05) is 6.07 Å². The molecule has 0 saturated carbocycles. The minimum absolute atomic E-state index is 0.128. The first-order chi connectivity index (χ1) is 13.4. The van der Waals surface area contributed by atoms with Crippen LogP contribution in [0.2, 0.25) is 0 Å². The summed E-state index contributed by atoms with van der Waals surface area (Å²) < 4.78 is 5.12. The maximum absolute atomic E-state index is 12.2. The Morgan fingerprint density at radius 3 is 2.11 bits per heavy atom. The van der Waals surface area contributed by atoms with Crippen LogP contribution in [0.1, 0.15) is 10.4 Å². The Hall–Kier alpha value is -3.39. The van der Waals surface area contributed by atoms with E-state index < -0.39 is 0 Å². The van der Waals surface area contributed by atoms with Gasteiger partial charge in [-0.05, 0) is 36.4 Å². The number of hydrogen-bond donors (Lipinski definition) is 4. The fraction of sp³-hybridized carbons (Fsp3) is 0.250. The molecule has 0 aliphatic rings. The molecule has 2 aromatic rings. The van der Waals surface area contributed by atoms with Gasteiger partial charge in [0.2, 0.25) is 0 Å². The van der Waals surface area contributed by atoms with E-state index in [4.69, 9.17) is 4.74 Å². The molecular weight excluding hydrogens is 360 g/mol. The average Bonchev–Trinajstić information content (AvgIpc) is 2.67. The third kappa shape index (κ3) is 6.40. The van der Waals surface area contributed by atoms with Gasteiger partial charge in [-0.15, -0.1) is 0 Å². The number of ether oxygens (including phenoxy) is 1. The van der Waals surface area contributed by atoms with Gasteiger partial charge in [0.15, 0.2) is 13.1 Å². The molecule has 2 rings (SSSR count). The first-order valence-electron chi connectivity index (χ1n) is 8.78. The summed E-state index contributed by atoms with van der Waals surface area (Å²) >= 11 is 0. The van der Waals surface area contributed by atoms with E-state index in [0.717, 1.165) is 4.90 Å². The van der Waals surface area contributed by atoms with E-state index in [2.05, 4.69) is 16.0 Å². The maximum Gasteiger partial charge on any atom is 0.279 e. The second-order valence-corrected chi connectivity index (χ2v) is 6.30. The van der Waals surface area contributed by atoms with Crippen LogP contribution >= 0.6 is 0 Å². The Balaban J connectivity index is 1.81. The molecule has 0 saturated heterocycles. The lowest BCUT2D eigenvalue weighted by Crippen LogP contribution is -3.11. The molecule has 0 aliphatic heterocycles. The number of anilines is 2. The molecule has 0 aromatic heterocycles. The summed E-state index contributed by atoms with van der Waals surface area (Å²) in [7, 11) is 4.88. The van der Waals surface area contributed by atoms with E-state index in [-0.39, 0.29) is 30.8 Å². The number of likely N-dealkylation sites (N-methyl/N-ethyl adjacent to an activating group) is 1. The first-order valence-corrected chi connectivity index (χ1v) is 8.78. The lowest BCUT2D eigenvalue weighted by atomic mass is 10.2. The second kappa shape index (κ2) is 10.1. The van der Waals surface area contributed by atoms with E-state index in [9.17, 15) is 14.4 Å². The average molecular weight is 385 g/mol. The highest BCUT2D eigenvalue weighted by atomic mass is 16.5. The number of amides is 3. The number of carbonyl (C=O) groups is 3. The summed E-state index contributed by atoms with van der Waals surface area (Å²) in [6.07, 6.45) is 0. The Bertz CT molecular complexity index is 836. The van der Waals surface area contributed by atoms with Crippen LogP contribution in [0.5, 0.6) is 5.75 Å². The van der Waals surface area contributed by atoms with Gasteiger partial charge in [0.1, 0.15) is 5.75 Å². The third-order valence-electron chi connectivity index (χ3n) is 3.94. The van der Waals surface area contributed by atoms with E-state index in [1.807, 2.05) is 0 Å². The lowest BCUT2D eigenvalue weighted by molar-refractivity contribution is -0.862. The molecule has 0 fully saturated rings. The van der Waals surface area contributed by atoms with Gasteiger partial charge in [-0.3, -0.25) is 14.4 Å². The number of carbonyl (C=O) groups excluding carboxylic acids is 3. The number of methoxy groups -OCH3 is 1. The molecule has 2 aromatic carbocycles. The van der Waals surface area contributed by atoms with Crippen LogP contribution < -0.4 is 25.6 Å². The first kappa shape index (κ1) is 20.9. The number of hydrogen-bond acceptors (Lipinski definition) is 4. The maximum atomic E-state index is 12.2. The van der Waals surface area contributed by atoms with Gasteiger partial charge >= 0.3 is 0 Å². The smallest absolute Gasteiger partial charge is 0.279 e. The standard InChI is InChI=1S/C20H24N4O4/c1-21-20(27)14-7-9-15(10-8-14)22-18(25)12-24(2)13-19(26)23-16-5-4-6-17(11-16)28-3/h4-11H,12-13H2,1-3H3,(H,21,27)(H,22,25)(H,23,26)/p+1. The molecule has 0 radical (unpaired) electrons. The summed E-state index contributed by atoms with van der Waals surface area (Å²) in [4.78, 5) is 36.6. The molecule has 0 heterocycles. The van der Waals surface area contributed by atoms with Gasteiger partial charge < -0.3 is 25.6 Å². The van der Waals surface area contributed by atoms with Crippen molar-refractivity contribution in [1.29, 1.82) is 0 Å². The predicted molar refractivity (Wildman–Crippen MR) is 107 cm³/mol.